The topological polar surface area (TPSA) is 17.1 Å². The van der Waals surface area contributed by atoms with Crippen molar-refractivity contribution in [2.45, 2.75) is 24.7 Å². The van der Waals surface area contributed by atoms with Crippen molar-refractivity contribution in [3.05, 3.63) is 35.4 Å². The van der Waals surface area contributed by atoms with Crippen LogP contribution in [0.15, 0.2) is 24.3 Å². The summed E-state index contributed by atoms with van der Waals surface area (Å²) in [7, 11) is 0. The molecule has 1 saturated carbocycles. The van der Waals surface area contributed by atoms with Crippen molar-refractivity contribution in [2.75, 3.05) is 0 Å². The van der Waals surface area contributed by atoms with E-state index in [-0.39, 0.29) is 6.42 Å². The van der Waals surface area contributed by atoms with E-state index in [1.807, 2.05) is 0 Å². The van der Waals surface area contributed by atoms with Crippen molar-refractivity contribution in [3.63, 3.8) is 0 Å². The molecule has 74 valence electrons. The van der Waals surface area contributed by atoms with Crippen molar-refractivity contribution >= 4 is 6.29 Å². The monoisotopic (exact) mass is 196 g/mol. The first-order chi connectivity index (χ1) is 6.49. The Morgan fingerprint density at radius 2 is 1.79 bits per heavy atom. The number of benzene rings is 1. The van der Waals surface area contributed by atoms with Crippen molar-refractivity contribution in [2.24, 2.45) is 0 Å². The van der Waals surface area contributed by atoms with Crippen LogP contribution in [0.3, 0.4) is 0 Å². The quantitative estimate of drug-likeness (QED) is 0.665. The van der Waals surface area contributed by atoms with Crippen LogP contribution >= 0.6 is 0 Å². The Labute approximate surface area is 80.7 Å². The third-order valence-electron chi connectivity index (χ3n) is 2.94. The van der Waals surface area contributed by atoms with Crippen LogP contribution in [0.2, 0.25) is 0 Å². The maximum atomic E-state index is 13.0. The summed E-state index contributed by atoms with van der Waals surface area (Å²) in [5.74, 6) is -2.59. The van der Waals surface area contributed by atoms with Crippen molar-refractivity contribution in [1.82, 2.24) is 0 Å². The van der Waals surface area contributed by atoms with Gasteiger partial charge in [-0.3, -0.25) is 4.79 Å². The van der Waals surface area contributed by atoms with Gasteiger partial charge in [0, 0.05) is 12.0 Å². The second-order valence-electron chi connectivity index (χ2n) is 3.95. The summed E-state index contributed by atoms with van der Waals surface area (Å²) in [5.41, 5.74) is 0.100. The Kier molecular flexibility index (Phi) is 1.74. The lowest BCUT2D eigenvalue weighted by Gasteiger charge is -2.09. The summed E-state index contributed by atoms with van der Waals surface area (Å²) in [5, 5.41) is 0. The van der Waals surface area contributed by atoms with E-state index in [1.54, 1.807) is 31.2 Å². The van der Waals surface area contributed by atoms with Gasteiger partial charge < -0.3 is 0 Å². The van der Waals surface area contributed by atoms with E-state index in [9.17, 15) is 13.6 Å². The van der Waals surface area contributed by atoms with E-state index in [0.29, 0.717) is 17.4 Å². The fourth-order valence-electron chi connectivity index (χ4n) is 1.64. The SMILES string of the molecule is CC1(c2ccc(C=O)cc2)CC1(F)F. The van der Waals surface area contributed by atoms with E-state index in [2.05, 4.69) is 0 Å². The predicted octanol–water partition coefficient (Wildman–Crippen LogP) is 2.80. The minimum absolute atomic E-state index is 0.0968. The molecule has 1 atom stereocenters. The van der Waals surface area contributed by atoms with Gasteiger partial charge in [-0.05, 0) is 12.5 Å². The number of carbonyl (C=O) groups excluding carboxylic acids is 1. The highest BCUT2D eigenvalue weighted by Gasteiger charge is 2.68. The number of alkyl halides is 2. The maximum absolute atomic E-state index is 13.0. The molecule has 0 N–H and O–H groups in total. The number of aldehydes is 1. The Morgan fingerprint density at radius 1 is 1.29 bits per heavy atom. The van der Waals surface area contributed by atoms with E-state index >= 15 is 0 Å². The molecule has 1 aromatic carbocycles. The Hall–Kier alpha value is -1.25. The molecule has 3 heteroatoms. The molecule has 0 amide bonds. The standard InChI is InChI=1S/C11H10F2O/c1-10(7-11(10,12)13)9-4-2-8(6-14)3-5-9/h2-6H,7H2,1H3. The normalized spacial score (nSPS) is 28.5. The van der Waals surface area contributed by atoms with Crippen molar-refractivity contribution < 1.29 is 13.6 Å². The predicted molar refractivity (Wildman–Crippen MR) is 48.7 cm³/mol. The van der Waals surface area contributed by atoms with Gasteiger partial charge in [0.2, 0.25) is 0 Å². The number of rotatable bonds is 2. The molecule has 2 rings (SSSR count). The van der Waals surface area contributed by atoms with Crippen LogP contribution in [0.1, 0.15) is 29.3 Å². The van der Waals surface area contributed by atoms with Crippen molar-refractivity contribution in [1.29, 1.82) is 0 Å². The molecular weight excluding hydrogens is 186 g/mol. The maximum Gasteiger partial charge on any atom is 0.258 e. The van der Waals surface area contributed by atoms with Crippen LogP contribution in [-0.4, -0.2) is 12.2 Å². The Balaban J connectivity index is 2.31. The Bertz CT molecular complexity index is 369. The highest BCUT2D eigenvalue weighted by Crippen LogP contribution is 2.61. The average Bonchev–Trinajstić information content (AvgIpc) is 2.68. The minimum atomic E-state index is -2.59. The van der Waals surface area contributed by atoms with Crippen LogP contribution in [0.4, 0.5) is 8.78 Å². The minimum Gasteiger partial charge on any atom is -0.298 e. The lowest BCUT2D eigenvalue weighted by atomic mass is 9.97. The molecule has 0 aromatic heterocycles. The van der Waals surface area contributed by atoms with E-state index in [4.69, 9.17) is 0 Å². The lowest BCUT2D eigenvalue weighted by molar-refractivity contribution is 0.0920. The van der Waals surface area contributed by atoms with Gasteiger partial charge in [-0.25, -0.2) is 8.78 Å². The molecule has 1 fully saturated rings. The van der Waals surface area contributed by atoms with E-state index in [1.165, 1.54) is 0 Å². The van der Waals surface area contributed by atoms with Crippen LogP contribution < -0.4 is 0 Å². The zero-order valence-electron chi connectivity index (χ0n) is 7.76. The van der Waals surface area contributed by atoms with Gasteiger partial charge in [0.15, 0.2) is 0 Å². The first kappa shape index (κ1) is 9.31. The van der Waals surface area contributed by atoms with Crippen molar-refractivity contribution in [3.8, 4) is 0 Å². The summed E-state index contributed by atoms with van der Waals surface area (Å²) >= 11 is 0. The van der Waals surface area contributed by atoms with Crippen LogP contribution in [-0.2, 0) is 5.41 Å². The number of hydrogen-bond donors (Lipinski definition) is 0. The van der Waals surface area contributed by atoms with Gasteiger partial charge in [0.1, 0.15) is 6.29 Å². The summed E-state index contributed by atoms with van der Waals surface area (Å²) in [6.07, 6.45) is 0.609. The molecule has 0 radical (unpaired) electrons. The molecular formula is C11H10F2O. The molecule has 0 bridgehead atoms. The number of halogens is 2. The molecule has 0 heterocycles. The second-order valence-corrected chi connectivity index (χ2v) is 3.95. The third kappa shape index (κ3) is 1.15. The highest BCUT2D eigenvalue weighted by molar-refractivity contribution is 5.74. The average molecular weight is 196 g/mol. The molecule has 0 spiro atoms. The van der Waals surface area contributed by atoms with Gasteiger partial charge in [0.25, 0.3) is 5.92 Å². The summed E-state index contributed by atoms with van der Waals surface area (Å²) in [4.78, 5) is 10.4. The zero-order chi connectivity index (χ0) is 10.4. The van der Waals surface area contributed by atoms with Gasteiger partial charge >= 0.3 is 0 Å². The second kappa shape index (κ2) is 2.62. The van der Waals surface area contributed by atoms with Crippen LogP contribution in [0, 0.1) is 0 Å². The molecule has 0 saturated heterocycles. The molecule has 1 aromatic rings. The van der Waals surface area contributed by atoms with Gasteiger partial charge in [-0.15, -0.1) is 0 Å². The van der Waals surface area contributed by atoms with Gasteiger partial charge in [0.05, 0.1) is 5.41 Å². The molecule has 1 aliphatic carbocycles. The first-order valence-corrected chi connectivity index (χ1v) is 4.43. The van der Waals surface area contributed by atoms with E-state index < -0.39 is 11.3 Å². The molecule has 0 aliphatic heterocycles. The van der Waals surface area contributed by atoms with Gasteiger partial charge in [-0.1, -0.05) is 24.3 Å². The molecule has 1 aliphatic rings. The number of hydrogen-bond acceptors (Lipinski definition) is 1. The fourth-order valence-corrected chi connectivity index (χ4v) is 1.64. The number of carbonyl (C=O) groups is 1. The van der Waals surface area contributed by atoms with E-state index in [0.717, 1.165) is 0 Å². The summed E-state index contributed by atoms with van der Waals surface area (Å²) in [6.45, 7) is 1.54. The van der Waals surface area contributed by atoms with Crippen LogP contribution in [0.5, 0.6) is 0 Å². The highest BCUT2D eigenvalue weighted by atomic mass is 19.3. The molecule has 1 nitrogen and oxygen atoms in total. The molecule has 1 unspecified atom stereocenters. The van der Waals surface area contributed by atoms with Crippen LogP contribution in [0.25, 0.3) is 0 Å². The summed E-state index contributed by atoms with van der Waals surface area (Å²) in [6, 6.07) is 6.35. The lowest BCUT2D eigenvalue weighted by Crippen LogP contribution is -2.11. The molecule has 14 heavy (non-hydrogen) atoms. The first-order valence-electron chi connectivity index (χ1n) is 4.43. The largest absolute Gasteiger partial charge is 0.298 e. The summed E-state index contributed by atoms with van der Waals surface area (Å²) < 4.78 is 26.0. The zero-order valence-corrected chi connectivity index (χ0v) is 7.76. The Morgan fingerprint density at radius 3 is 2.14 bits per heavy atom. The third-order valence-corrected chi connectivity index (χ3v) is 2.94. The van der Waals surface area contributed by atoms with Gasteiger partial charge in [-0.2, -0.15) is 0 Å². The fraction of sp³-hybridized carbons (Fsp3) is 0.364. The smallest absolute Gasteiger partial charge is 0.258 e.